The molecule has 0 aliphatic carbocycles. The fraction of sp³-hybridized carbons (Fsp3) is 0.182. The topological polar surface area (TPSA) is 26.0 Å². The van der Waals surface area contributed by atoms with Gasteiger partial charge in [0.05, 0.1) is 5.69 Å². The summed E-state index contributed by atoms with van der Waals surface area (Å²) in [4.78, 5) is 0. The normalized spacial score (nSPS) is 10.7. The molecule has 0 amide bonds. The first kappa shape index (κ1) is 10.5. The van der Waals surface area contributed by atoms with Crippen LogP contribution in [0.5, 0.6) is 0 Å². The maximum atomic E-state index is 5.94. The summed E-state index contributed by atoms with van der Waals surface area (Å²) in [6, 6.07) is 5.39. The van der Waals surface area contributed by atoms with Gasteiger partial charge in [0.25, 0.3) is 0 Å². The van der Waals surface area contributed by atoms with E-state index < -0.39 is 0 Å². The highest BCUT2D eigenvalue weighted by Crippen LogP contribution is 2.31. The van der Waals surface area contributed by atoms with Crippen LogP contribution in [-0.2, 0) is 0 Å². The molecule has 2 rings (SSSR count). The Morgan fingerprint density at radius 2 is 1.67 bits per heavy atom. The van der Waals surface area contributed by atoms with Crippen molar-refractivity contribution in [3.8, 4) is 11.1 Å². The molecule has 0 unspecified atom stereocenters. The lowest BCUT2D eigenvalue weighted by Gasteiger charge is -2.02. The van der Waals surface area contributed by atoms with Crippen LogP contribution in [0.4, 0.5) is 0 Å². The lowest BCUT2D eigenvalue weighted by atomic mass is 10.0. The second-order valence-electron chi connectivity index (χ2n) is 3.36. The molecular formula is C11H9Cl2NO. The first-order valence-electron chi connectivity index (χ1n) is 4.47. The highest BCUT2D eigenvalue weighted by Gasteiger charge is 2.12. The van der Waals surface area contributed by atoms with Crippen molar-refractivity contribution in [3.05, 3.63) is 39.7 Å². The molecule has 0 spiro atoms. The van der Waals surface area contributed by atoms with Crippen LogP contribution in [-0.4, -0.2) is 5.16 Å². The van der Waals surface area contributed by atoms with Crippen LogP contribution in [0.3, 0.4) is 0 Å². The van der Waals surface area contributed by atoms with Crippen molar-refractivity contribution in [2.24, 2.45) is 0 Å². The van der Waals surface area contributed by atoms with E-state index in [0.717, 1.165) is 22.6 Å². The molecule has 78 valence electrons. The SMILES string of the molecule is Cc1noc(C)c1-c1cc(Cl)cc(Cl)c1. The molecular weight excluding hydrogens is 233 g/mol. The summed E-state index contributed by atoms with van der Waals surface area (Å²) in [7, 11) is 0. The summed E-state index contributed by atoms with van der Waals surface area (Å²) in [5, 5.41) is 5.11. The minimum absolute atomic E-state index is 0.609. The van der Waals surface area contributed by atoms with E-state index in [-0.39, 0.29) is 0 Å². The number of benzene rings is 1. The third-order valence-electron chi connectivity index (χ3n) is 2.18. The predicted molar refractivity (Wildman–Crippen MR) is 61.4 cm³/mol. The third-order valence-corrected chi connectivity index (χ3v) is 2.62. The van der Waals surface area contributed by atoms with Crippen molar-refractivity contribution in [2.75, 3.05) is 0 Å². The lowest BCUT2D eigenvalue weighted by molar-refractivity contribution is 0.393. The number of halogens is 2. The van der Waals surface area contributed by atoms with Crippen LogP contribution >= 0.6 is 23.2 Å². The van der Waals surface area contributed by atoms with E-state index >= 15 is 0 Å². The second-order valence-corrected chi connectivity index (χ2v) is 4.23. The lowest BCUT2D eigenvalue weighted by Crippen LogP contribution is -1.82. The number of aromatic nitrogens is 1. The Bertz CT molecular complexity index is 466. The number of hydrogen-bond donors (Lipinski definition) is 0. The highest BCUT2D eigenvalue weighted by atomic mass is 35.5. The summed E-state index contributed by atoms with van der Waals surface area (Å²) in [5.74, 6) is 0.769. The van der Waals surface area contributed by atoms with Crippen molar-refractivity contribution < 1.29 is 4.52 Å². The van der Waals surface area contributed by atoms with Gasteiger partial charge < -0.3 is 4.52 Å². The molecule has 0 aliphatic heterocycles. The van der Waals surface area contributed by atoms with Crippen LogP contribution < -0.4 is 0 Å². The van der Waals surface area contributed by atoms with Crippen molar-refractivity contribution in [2.45, 2.75) is 13.8 Å². The van der Waals surface area contributed by atoms with Gasteiger partial charge in [-0.3, -0.25) is 0 Å². The Morgan fingerprint density at radius 1 is 1.07 bits per heavy atom. The van der Waals surface area contributed by atoms with Gasteiger partial charge in [-0.15, -0.1) is 0 Å². The molecule has 0 radical (unpaired) electrons. The minimum Gasteiger partial charge on any atom is -0.361 e. The Balaban J connectivity index is 2.63. The van der Waals surface area contributed by atoms with Crippen LogP contribution in [0.15, 0.2) is 22.7 Å². The molecule has 1 heterocycles. The molecule has 0 aliphatic rings. The molecule has 15 heavy (non-hydrogen) atoms. The second kappa shape index (κ2) is 3.87. The number of hydrogen-bond acceptors (Lipinski definition) is 2. The zero-order valence-electron chi connectivity index (χ0n) is 8.34. The van der Waals surface area contributed by atoms with Crippen molar-refractivity contribution in [1.82, 2.24) is 5.16 Å². The first-order valence-corrected chi connectivity index (χ1v) is 5.23. The summed E-state index contributed by atoms with van der Waals surface area (Å²) >= 11 is 11.9. The molecule has 0 saturated heterocycles. The number of aryl methyl sites for hydroxylation is 2. The van der Waals surface area contributed by atoms with Gasteiger partial charge >= 0.3 is 0 Å². The summed E-state index contributed by atoms with van der Waals surface area (Å²) < 4.78 is 5.09. The van der Waals surface area contributed by atoms with Gasteiger partial charge in [0.2, 0.25) is 0 Å². The van der Waals surface area contributed by atoms with Gasteiger partial charge in [-0.25, -0.2) is 0 Å². The molecule has 0 N–H and O–H groups in total. The molecule has 2 aromatic rings. The summed E-state index contributed by atoms with van der Waals surface area (Å²) in [5.41, 5.74) is 2.73. The van der Waals surface area contributed by atoms with Gasteiger partial charge in [-0.1, -0.05) is 28.4 Å². The van der Waals surface area contributed by atoms with Gasteiger partial charge in [0, 0.05) is 15.6 Å². The smallest absolute Gasteiger partial charge is 0.141 e. The van der Waals surface area contributed by atoms with E-state index in [4.69, 9.17) is 27.7 Å². The van der Waals surface area contributed by atoms with E-state index in [9.17, 15) is 0 Å². The van der Waals surface area contributed by atoms with E-state index in [0.29, 0.717) is 10.0 Å². The Morgan fingerprint density at radius 3 is 2.13 bits per heavy atom. The third kappa shape index (κ3) is 2.01. The zero-order valence-corrected chi connectivity index (χ0v) is 9.86. The standard InChI is InChI=1S/C11H9Cl2NO/c1-6-11(7(2)15-14-6)8-3-9(12)5-10(13)4-8/h3-5H,1-2H3. The Kier molecular flexibility index (Phi) is 2.72. The van der Waals surface area contributed by atoms with Crippen molar-refractivity contribution in [1.29, 1.82) is 0 Å². The van der Waals surface area contributed by atoms with E-state index in [2.05, 4.69) is 5.16 Å². The highest BCUT2D eigenvalue weighted by molar-refractivity contribution is 6.35. The summed E-state index contributed by atoms with van der Waals surface area (Å²) in [6.45, 7) is 3.75. The largest absolute Gasteiger partial charge is 0.361 e. The minimum atomic E-state index is 0.609. The first-order chi connectivity index (χ1) is 7.08. The van der Waals surface area contributed by atoms with Crippen LogP contribution in [0, 0.1) is 13.8 Å². The van der Waals surface area contributed by atoms with E-state index in [1.165, 1.54) is 0 Å². The number of nitrogens with zero attached hydrogens (tertiary/aromatic N) is 1. The average molecular weight is 242 g/mol. The zero-order chi connectivity index (χ0) is 11.0. The molecule has 1 aromatic carbocycles. The van der Waals surface area contributed by atoms with Crippen LogP contribution in [0.2, 0.25) is 10.0 Å². The monoisotopic (exact) mass is 241 g/mol. The quantitative estimate of drug-likeness (QED) is 0.746. The van der Waals surface area contributed by atoms with Gasteiger partial charge in [0.1, 0.15) is 5.76 Å². The molecule has 0 bridgehead atoms. The van der Waals surface area contributed by atoms with Gasteiger partial charge in [0.15, 0.2) is 0 Å². The Labute approximate surface area is 97.8 Å². The maximum Gasteiger partial charge on any atom is 0.141 e. The number of rotatable bonds is 1. The molecule has 2 nitrogen and oxygen atoms in total. The van der Waals surface area contributed by atoms with Gasteiger partial charge in [-0.05, 0) is 37.6 Å². The molecule has 0 atom stereocenters. The Hall–Kier alpha value is -0.990. The average Bonchev–Trinajstić information content (AvgIpc) is 2.44. The maximum absolute atomic E-state index is 5.94. The van der Waals surface area contributed by atoms with E-state index in [1.54, 1.807) is 6.07 Å². The van der Waals surface area contributed by atoms with Crippen LogP contribution in [0.1, 0.15) is 11.5 Å². The summed E-state index contributed by atoms with van der Waals surface area (Å²) in [6.07, 6.45) is 0. The molecule has 0 saturated carbocycles. The van der Waals surface area contributed by atoms with Crippen molar-refractivity contribution in [3.63, 3.8) is 0 Å². The van der Waals surface area contributed by atoms with Gasteiger partial charge in [-0.2, -0.15) is 0 Å². The van der Waals surface area contributed by atoms with E-state index in [1.807, 2.05) is 26.0 Å². The molecule has 1 aromatic heterocycles. The molecule has 4 heteroatoms. The fourth-order valence-corrected chi connectivity index (χ4v) is 2.12. The van der Waals surface area contributed by atoms with Crippen molar-refractivity contribution >= 4 is 23.2 Å². The molecule has 0 fully saturated rings. The fourth-order valence-electron chi connectivity index (χ4n) is 1.59. The predicted octanol–water partition coefficient (Wildman–Crippen LogP) is 4.27. The van der Waals surface area contributed by atoms with Crippen LogP contribution in [0.25, 0.3) is 11.1 Å².